The van der Waals surface area contributed by atoms with Crippen molar-refractivity contribution in [2.24, 2.45) is 0 Å². The largest absolute Gasteiger partial charge is 0.340 e. The molecule has 0 aliphatic rings. The number of carbonyl (C=O) groups is 2. The van der Waals surface area contributed by atoms with Crippen molar-refractivity contribution >= 4 is 11.8 Å². The first-order chi connectivity index (χ1) is 12.6. The van der Waals surface area contributed by atoms with Gasteiger partial charge in [-0.3, -0.25) is 9.59 Å². The summed E-state index contributed by atoms with van der Waals surface area (Å²) in [6.07, 6.45) is 1.97. The topological polar surface area (TPSA) is 53.5 Å². The van der Waals surface area contributed by atoms with Crippen LogP contribution in [0.4, 0.5) is 0 Å². The zero-order chi connectivity index (χ0) is 18.9. The minimum Gasteiger partial charge on any atom is -0.340 e. The maximum atomic E-state index is 12.8. The molecule has 138 valence electrons. The molecule has 0 spiro atoms. The predicted octanol–water partition coefficient (Wildman–Crippen LogP) is 3.62. The Hall–Kier alpha value is -2.69. The summed E-state index contributed by atoms with van der Waals surface area (Å²) in [6, 6.07) is 14.9. The minimum atomic E-state index is -0.165. The summed E-state index contributed by atoms with van der Waals surface area (Å²) in [5.41, 5.74) is 1.68. The van der Waals surface area contributed by atoms with E-state index in [1.807, 2.05) is 37.3 Å². The molecule has 0 radical (unpaired) electrons. The van der Waals surface area contributed by atoms with Crippen molar-refractivity contribution in [3.8, 4) is 0 Å². The van der Waals surface area contributed by atoms with E-state index in [0.717, 1.165) is 18.4 Å². The zero-order valence-corrected chi connectivity index (χ0v) is 15.8. The molecule has 1 aromatic carbocycles. The molecule has 5 heteroatoms. The van der Waals surface area contributed by atoms with E-state index in [2.05, 4.69) is 11.9 Å². The van der Waals surface area contributed by atoms with E-state index in [9.17, 15) is 9.59 Å². The van der Waals surface area contributed by atoms with Crippen molar-refractivity contribution in [2.75, 3.05) is 20.1 Å². The molecule has 0 unspecified atom stereocenters. The zero-order valence-electron chi connectivity index (χ0n) is 15.8. The number of rotatable bonds is 8. The van der Waals surface area contributed by atoms with Crippen LogP contribution in [0.5, 0.6) is 0 Å². The summed E-state index contributed by atoms with van der Waals surface area (Å²) in [5.74, 6) is -0.318. The van der Waals surface area contributed by atoms with Crippen LogP contribution in [0.25, 0.3) is 0 Å². The molecular formula is C21H27N3O2. The first-order valence-electron chi connectivity index (χ1n) is 9.12. The first-order valence-corrected chi connectivity index (χ1v) is 9.12. The molecule has 0 saturated carbocycles. The van der Waals surface area contributed by atoms with Crippen molar-refractivity contribution in [1.82, 2.24) is 14.8 Å². The van der Waals surface area contributed by atoms with E-state index in [1.54, 1.807) is 35.0 Å². The second kappa shape index (κ2) is 9.70. The number of pyridine rings is 1. The fourth-order valence-electron chi connectivity index (χ4n) is 2.66. The van der Waals surface area contributed by atoms with Gasteiger partial charge < -0.3 is 9.80 Å². The number of hydrogen-bond acceptors (Lipinski definition) is 3. The van der Waals surface area contributed by atoms with E-state index in [-0.39, 0.29) is 11.8 Å². The smallest absolute Gasteiger partial charge is 0.272 e. The Labute approximate surface area is 155 Å². The molecule has 2 amide bonds. The Morgan fingerprint density at radius 3 is 2.19 bits per heavy atom. The van der Waals surface area contributed by atoms with Gasteiger partial charge in [0.25, 0.3) is 11.8 Å². The van der Waals surface area contributed by atoms with Gasteiger partial charge in [-0.15, -0.1) is 0 Å². The quantitative estimate of drug-likeness (QED) is 0.728. The van der Waals surface area contributed by atoms with Crippen LogP contribution in [0.15, 0.2) is 48.5 Å². The van der Waals surface area contributed by atoms with Crippen LogP contribution >= 0.6 is 0 Å². The minimum absolute atomic E-state index is 0.154. The lowest BCUT2D eigenvalue weighted by atomic mass is 10.2. The third kappa shape index (κ3) is 5.15. The summed E-state index contributed by atoms with van der Waals surface area (Å²) in [5, 5.41) is 0. The second-order valence-corrected chi connectivity index (χ2v) is 6.29. The molecule has 0 bridgehead atoms. The average molecular weight is 353 g/mol. The first kappa shape index (κ1) is 19.6. The van der Waals surface area contributed by atoms with Crippen molar-refractivity contribution in [2.45, 2.75) is 33.2 Å². The maximum Gasteiger partial charge on any atom is 0.272 e. The summed E-state index contributed by atoms with van der Waals surface area (Å²) < 4.78 is 0. The standard InChI is InChI=1S/C21H27N3O2/c1-4-6-15-23(3)20(25)18-13-10-14-19(22-18)21(26)24(5-2)16-17-11-8-7-9-12-17/h7-14H,4-6,15-16H2,1-3H3. The van der Waals surface area contributed by atoms with Gasteiger partial charge >= 0.3 is 0 Å². The number of benzene rings is 1. The number of aromatic nitrogens is 1. The summed E-state index contributed by atoms with van der Waals surface area (Å²) >= 11 is 0. The molecule has 0 fully saturated rings. The van der Waals surface area contributed by atoms with Gasteiger partial charge in [-0.1, -0.05) is 49.7 Å². The van der Waals surface area contributed by atoms with E-state index >= 15 is 0 Å². The van der Waals surface area contributed by atoms with Gasteiger partial charge in [-0.25, -0.2) is 4.98 Å². The van der Waals surface area contributed by atoms with Gasteiger partial charge in [0.2, 0.25) is 0 Å². The van der Waals surface area contributed by atoms with Gasteiger partial charge in [0.15, 0.2) is 0 Å². The molecule has 0 saturated heterocycles. The molecule has 26 heavy (non-hydrogen) atoms. The molecule has 1 aromatic heterocycles. The Balaban J connectivity index is 2.14. The van der Waals surface area contributed by atoms with Crippen LogP contribution in [0.2, 0.25) is 0 Å². The predicted molar refractivity (Wildman–Crippen MR) is 103 cm³/mol. The molecule has 0 N–H and O–H groups in total. The third-order valence-corrected chi connectivity index (χ3v) is 4.27. The lowest BCUT2D eigenvalue weighted by Gasteiger charge is -2.21. The van der Waals surface area contributed by atoms with Crippen LogP contribution < -0.4 is 0 Å². The van der Waals surface area contributed by atoms with Gasteiger partial charge in [-0.05, 0) is 31.0 Å². The maximum absolute atomic E-state index is 12.8. The Morgan fingerprint density at radius 1 is 0.923 bits per heavy atom. The number of amides is 2. The highest BCUT2D eigenvalue weighted by Gasteiger charge is 2.19. The van der Waals surface area contributed by atoms with E-state index in [1.165, 1.54) is 0 Å². The van der Waals surface area contributed by atoms with E-state index in [4.69, 9.17) is 0 Å². The highest BCUT2D eigenvalue weighted by atomic mass is 16.2. The lowest BCUT2D eigenvalue weighted by molar-refractivity contribution is 0.0745. The molecule has 0 atom stereocenters. The van der Waals surface area contributed by atoms with Crippen molar-refractivity contribution in [1.29, 1.82) is 0 Å². The second-order valence-electron chi connectivity index (χ2n) is 6.29. The van der Waals surface area contributed by atoms with E-state index < -0.39 is 0 Å². The highest BCUT2D eigenvalue weighted by Crippen LogP contribution is 2.10. The van der Waals surface area contributed by atoms with Gasteiger partial charge in [-0.2, -0.15) is 0 Å². The number of carbonyl (C=O) groups excluding carboxylic acids is 2. The summed E-state index contributed by atoms with van der Waals surface area (Å²) in [4.78, 5) is 33.0. The van der Waals surface area contributed by atoms with E-state index in [0.29, 0.717) is 31.0 Å². The number of unbranched alkanes of at least 4 members (excludes halogenated alkanes) is 1. The van der Waals surface area contributed by atoms with Gasteiger partial charge in [0.1, 0.15) is 11.4 Å². The Morgan fingerprint density at radius 2 is 1.58 bits per heavy atom. The third-order valence-electron chi connectivity index (χ3n) is 4.27. The summed E-state index contributed by atoms with van der Waals surface area (Å²) in [6.45, 7) is 5.80. The lowest BCUT2D eigenvalue weighted by Crippen LogP contribution is -2.32. The van der Waals surface area contributed by atoms with Crippen LogP contribution in [-0.2, 0) is 6.54 Å². The van der Waals surface area contributed by atoms with Gasteiger partial charge in [0, 0.05) is 26.7 Å². The van der Waals surface area contributed by atoms with Crippen LogP contribution in [0, 0.1) is 0 Å². The Bertz CT molecular complexity index is 731. The van der Waals surface area contributed by atoms with Gasteiger partial charge in [0.05, 0.1) is 0 Å². The molecular weight excluding hydrogens is 326 g/mol. The molecule has 1 heterocycles. The Kier molecular flexibility index (Phi) is 7.33. The van der Waals surface area contributed by atoms with Crippen LogP contribution in [0.1, 0.15) is 53.2 Å². The molecule has 2 rings (SSSR count). The van der Waals surface area contributed by atoms with Crippen molar-refractivity contribution < 1.29 is 9.59 Å². The molecule has 5 nitrogen and oxygen atoms in total. The molecule has 2 aromatic rings. The summed E-state index contributed by atoms with van der Waals surface area (Å²) in [7, 11) is 1.77. The SMILES string of the molecule is CCCCN(C)C(=O)c1cccc(C(=O)N(CC)Cc2ccccc2)n1. The fraction of sp³-hybridized carbons (Fsp3) is 0.381. The fourth-order valence-corrected chi connectivity index (χ4v) is 2.66. The molecule has 0 aliphatic carbocycles. The molecule has 0 aliphatic heterocycles. The number of hydrogen-bond donors (Lipinski definition) is 0. The monoisotopic (exact) mass is 353 g/mol. The highest BCUT2D eigenvalue weighted by molar-refractivity contribution is 5.96. The van der Waals surface area contributed by atoms with Crippen molar-refractivity contribution in [3.05, 3.63) is 65.5 Å². The van der Waals surface area contributed by atoms with Crippen molar-refractivity contribution in [3.63, 3.8) is 0 Å². The number of nitrogens with zero attached hydrogens (tertiary/aromatic N) is 3. The van der Waals surface area contributed by atoms with Crippen LogP contribution in [0.3, 0.4) is 0 Å². The average Bonchev–Trinajstić information content (AvgIpc) is 2.70. The normalized spacial score (nSPS) is 10.4. The van der Waals surface area contributed by atoms with Crippen LogP contribution in [-0.4, -0.2) is 46.7 Å².